The molecular formula is C18H28N4O3. The number of ether oxygens (including phenoxy) is 1. The maximum absolute atomic E-state index is 12.4. The van der Waals surface area contributed by atoms with Gasteiger partial charge in [-0.2, -0.15) is 4.98 Å². The highest BCUT2D eigenvalue weighted by Gasteiger charge is 2.38. The molecule has 2 aliphatic carbocycles. The van der Waals surface area contributed by atoms with Crippen molar-refractivity contribution in [3.8, 4) is 0 Å². The molecule has 2 heterocycles. The number of carbonyl (C=O) groups is 1. The van der Waals surface area contributed by atoms with Crippen LogP contribution in [-0.4, -0.2) is 34.9 Å². The van der Waals surface area contributed by atoms with Crippen LogP contribution in [0.3, 0.4) is 0 Å². The summed E-state index contributed by atoms with van der Waals surface area (Å²) in [5.41, 5.74) is 0. The van der Waals surface area contributed by atoms with Crippen molar-refractivity contribution in [2.45, 2.75) is 82.4 Å². The summed E-state index contributed by atoms with van der Waals surface area (Å²) in [6.07, 6.45) is 9.35. The second-order valence-corrected chi connectivity index (χ2v) is 7.71. The standard InChI is InChI=1S/C18H28N4O3/c1-11(17-21-16(22-25-17)12-5-2-3-6-12)19-18(23)20-14-7-4-8-15-13(14)9-10-24-15/h11-15H,2-10H2,1H3,(H2,19,20,23)/t11-,13-,14+,15-/m0/s1. The number of aromatic nitrogens is 2. The minimum absolute atomic E-state index is 0.161. The van der Waals surface area contributed by atoms with Gasteiger partial charge >= 0.3 is 6.03 Å². The lowest BCUT2D eigenvalue weighted by molar-refractivity contribution is 0.0548. The Morgan fingerprint density at radius 1 is 1.16 bits per heavy atom. The maximum Gasteiger partial charge on any atom is 0.315 e. The van der Waals surface area contributed by atoms with Crippen molar-refractivity contribution in [1.82, 2.24) is 20.8 Å². The molecule has 0 unspecified atom stereocenters. The van der Waals surface area contributed by atoms with Gasteiger partial charge in [0.15, 0.2) is 5.82 Å². The molecule has 7 heteroatoms. The van der Waals surface area contributed by atoms with Crippen LogP contribution in [0.4, 0.5) is 4.79 Å². The third-order valence-corrected chi connectivity index (χ3v) is 5.99. The highest BCUT2D eigenvalue weighted by molar-refractivity contribution is 5.74. The number of amides is 2. The van der Waals surface area contributed by atoms with Crippen LogP contribution in [0.5, 0.6) is 0 Å². The van der Waals surface area contributed by atoms with Crippen LogP contribution in [0, 0.1) is 5.92 Å². The Morgan fingerprint density at radius 2 is 2.00 bits per heavy atom. The number of fused-ring (bicyclic) bond motifs is 1. The van der Waals surface area contributed by atoms with E-state index in [0.29, 0.717) is 23.8 Å². The SMILES string of the molecule is C[C@H](NC(=O)N[C@@H]1CCC[C@@H]2OCC[C@H]21)c1nc(C2CCCC2)no1. The molecule has 1 saturated heterocycles. The first-order valence-electron chi connectivity index (χ1n) is 9.73. The predicted octanol–water partition coefficient (Wildman–Crippen LogP) is 3.05. The highest BCUT2D eigenvalue weighted by atomic mass is 16.5. The Kier molecular flexibility index (Phi) is 4.92. The average Bonchev–Trinajstić information content (AvgIpc) is 3.34. The van der Waals surface area contributed by atoms with Crippen LogP contribution >= 0.6 is 0 Å². The molecule has 1 aromatic rings. The lowest BCUT2D eigenvalue weighted by Gasteiger charge is -2.33. The van der Waals surface area contributed by atoms with Gasteiger partial charge in [-0.15, -0.1) is 0 Å². The summed E-state index contributed by atoms with van der Waals surface area (Å²) in [6.45, 7) is 2.70. The molecule has 4 rings (SSSR count). The normalized spacial score (nSPS) is 30.8. The van der Waals surface area contributed by atoms with E-state index in [2.05, 4.69) is 20.8 Å². The zero-order valence-corrected chi connectivity index (χ0v) is 14.9. The summed E-state index contributed by atoms with van der Waals surface area (Å²) in [6, 6.07) is -0.252. The summed E-state index contributed by atoms with van der Waals surface area (Å²) in [5.74, 6) is 2.15. The van der Waals surface area contributed by atoms with Crippen molar-refractivity contribution in [1.29, 1.82) is 0 Å². The molecule has 1 aliphatic heterocycles. The van der Waals surface area contributed by atoms with Gasteiger partial charge in [-0.1, -0.05) is 18.0 Å². The predicted molar refractivity (Wildman–Crippen MR) is 91.1 cm³/mol. The Morgan fingerprint density at radius 3 is 2.84 bits per heavy atom. The van der Waals surface area contributed by atoms with Gasteiger partial charge in [0.05, 0.1) is 6.10 Å². The smallest absolute Gasteiger partial charge is 0.315 e. The molecule has 3 aliphatic rings. The number of hydrogen-bond donors (Lipinski definition) is 2. The zero-order valence-electron chi connectivity index (χ0n) is 14.9. The van der Waals surface area contributed by atoms with Crippen LogP contribution in [0.2, 0.25) is 0 Å². The van der Waals surface area contributed by atoms with Crippen molar-refractivity contribution in [2.75, 3.05) is 6.61 Å². The van der Waals surface area contributed by atoms with Crippen molar-refractivity contribution in [3.63, 3.8) is 0 Å². The first kappa shape index (κ1) is 16.8. The summed E-state index contributed by atoms with van der Waals surface area (Å²) >= 11 is 0. The molecule has 3 fully saturated rings. The van der Waals surface area contributed by atoms with E-state index in [1.54, 1.807) is 0 Å². The van der Waals surface area contributed by atoms with Gasteiger partial charge in [-0.05, 0) is 45.4 Å². The van der Waals surface area contributed by atoms with E-state index in [4.69, 9.17) is 9.26 Å². The highest BCUT2D eigenvalue weighted by Crippen LogP contribution is 2.34. The molecular weight excluding hydrogens is 320 g/mol. The summed E-state index contributed by atoms with van der Waals surface area (Å²) < 4.78 is 11.1. The van der Waals surface area contributed by atoms with E-state index >= 15 is 0 Å². The Bertz CT molecular complexity index is 599. The molecule has 0 aromatic carbocycles. The number of urea groups is 1. The number of rotatable bonds is 4. The van der Waals surface area contributed by atoms with Gasteiger partial charge in [-0.25, -0.2) is 4.79 Å². The molecule has 2 amide bonds. The van der Waals surface area contributed by atoms with Crippen LogP contribution < -0.4 is 10.6 Å². The fourth-order valence-corrected chi connectivity index (χ4v) is 4.60. The van der Waals surface area contributed by atoms with Gasteiger partial charge in [0, 0.05) is 24.5 Å². The lowest BCUT2D eigenvalue weighted by atomic mass is 9.82. The Hall–Kier alpha value is -1.63. The first-order valence-corrected chi connectivity index (χ1v) is 9.73. The molecule has 0 bridgehead atoms. The van der Waals surface area contributed by atoms with E-state index in [9.17, 15) is 4.79 Å². The van der Waals surface area contributed by atoms with Crippen LogP contribution in [0.25, 0.3) is 0 Å². The van der Waals surface area contributed by atoms with Crippen molar-refractivity contribution < 1.29 is 14.1 Å². The number of carbonyl (C=O) groups excluding carboxylic acids is 1. The van der Waals surface area contributed by atoms with Gasteiger partial charge in [0.25, 0.3) is 0 Å². The quantitative estimate of drug-likeness (QED) is 0.873. The van der Waals surface area contributed by atoms with E-state index in [1.165, 1.54) is 12.8 Å². The van der Waals surface area contributed by atoms with Crippen molar-refractivity contribution in [3.05, 3.63) is 11.7 Å². The average molecular weight is 348 g/mol. The Labute approximate surface area is 148 Å². The van der Waals surface area contributed by atoms with Crippen molar-refractivity contribution in [2.24, 2.45) is 5.92 Å². The first-order chi connectivity index (χ1) is 12.2. The molecule has 0 radical (unpaired) electrons. The van der Waals surface area contributed by atoms with Gasteiger partial charge in [0.1, 0.15) is 6.04 Å². The van der Waals surface area contributed by atoms with Gasteiger partial charge in [-0.3, -0.25) is 0 Å². The van der Waals surface area contributed by atoms with Crippen LogP contribution in [0.1, 0.15) is 82.0 Å². The number of nitrogens with one attached hydrogen (secondary N) is 2. The fourth-order valence-electron chi connectivity index (χ4n) is 4.60. The fraction of sp³-hybridized carbons (Fsp3) is 0.833. The van der Waals surface area contributed by atoms with Crippen LogP contribution in [0.15, 0.2) is 4.52 Å². The molecule has 2 N–H and O–H groups in total. The minimum atomic E-state index is -0.290. The minimum Gasteiger partial charge on any atom is -0.378 e. The number of hydrogen-bond acceptors (Lipinski definition) is 5. The van der Waals surface area contributed by atoms with Gasteiger partial charge < -0.3 is 19.9 Å². The topological polar surface area (TPSA) is 89.3 Å². The molecule has 138 valence electrons. The number of nitrogens with zero attached hydrogens (tertiary/aromatic N) is 2. The third kappa shape index (κ3) is 3.66. The van der Waals surface area contributed by atoms with Crippen molar-refractivity contribution >= 4 is 6.03 Å². The molecule has 2 saturated carbocycles. The summed E-state index contributed by atoms with van der Waals surface area (Å²) in [4.78, 5) is 16.9. The lowest BCUT2D eigenvalue weighted by Crippen LogP contribution is -2.49. The second-order valence-electron chi connectivity index (χ2n) is 7.71. The maximum atomic E-state index is 12.4. The molecule has 25 heavy (non-hydrogen) atoms. The largest absolute Gasteiger partial charge is 0.378 e. The van der Waals surface area contributed by atoms with Crippen LogP contribution in [-0.2, 0) is 4.74 Å². The van der Waals surface area contributed by atoms with E-state index < -0.39 is 0 Å². The van der Waals surface area contributed by atoms with E-state index in [1.807, 2.05) is 6.92 Å². The van der Waals surface area contributed by atoms with Gasteiger partial charge in [0.2, 0.25) is 5.89 Å². The second kappa shape index (κ2) is 7.32. The third-order valence-electron chi connectivity index (χ3n) is 5.99. The summed E-state index contributed by atoms with van der Waals surface area (Å²) in [5, 5.41) is 10.2. The zero-order chi connectivity index (χ0) is 17.2. The molecule has 4 atom stereocenters. The van der Waals surface area contributed by atoms with E-state index in [0.717, 1.165) is 51.0 Å². The monoisotopic (exact) mass is 348 g/mol. The molecule has 7 nitrogen and oxygen atoms in total. The molecule has 0 spiro atoms. The summed E-state index contributed by atoms with van der Waals surface area (Å²) in [7, 11) is 0. The Balaban J connectivity index is 1.31. The molecule has 1 aromatic heterocycles. The van der Waals surface area contributed by atoms with E-state index in [-0.39, 0.29) is 18.1 Å².